The maximum absolute atomic E-state index is 6.42. The van der Waals surface area contributed by atoms with Gasteiger partial charge in [-0.2, -0.15) is 5.10 Å². The van der Waals surface area contributed by atoms with Gasteiger partial charge in [0.2, 0.25) is 0 Å². The lowest BCUT2D eigenvalue weighted by Crippen LogP contribution is -2.45. The number of aromatic nitrogens is 2. The Morgan fingerprint density at radius 3 is 2.70 bits per heavy atom. The van der Waals surface area contributed by atoms with Crippen LogP contribution in [-0.2, 0) is 11.3 Å². The molecule has 1 aromatic rings. The Morgan fingerprint density at radius 1 is 1.45 bits per heavy atom. The fourth-order valence-electron chi connectivity index (χ4n) is 3.32. The fraction of sp³-hybridized carbons (Fsp3) is 0.800. The van der Waals surface area contributed by atoms with Crippen molar-refractivity contribution in [3.8, 4) is 0 Å². The van der Waals surface area contributed by atoms with Gasteiger partial charge in [-0.1, -0.05) is 31.4 Å². The fourth-order valence-corrected chi connectivity index (χ4v) is 3.57. The van der Waals surface area contributed by atoms with Crippen molar-refractivity contribution in [2.24, 2.45) is 0 Å². The van der Waals surface area contributed by atoms with E-state index in [0.29, 0.717) is 0 Å². The highest BCUT2D eigenvalue weighted by Gasteiger charge is 2.44. The molecule has 0 radical (unpaired) electrons. The van der Waals surface area contributed by atoms with Gasteiger partial charge in [0.15, 0.2) is 0 Å². The number of nitrogens with zero attached hydrogens (tertiary/aromatic N) is 2. The molecule has 1 aliphatic carbocycles. The summed E-state index contributed by atoms with van der Waals surface area (Å²) in [6.45, 7) is 6.06. The van der Waals surface area contributed by atoms with Crippen molar-refractivity contribution in [1.29, 1.82) is 0 Å². The summed E-state index contributed by atoms with van der Waals surface area (Å²) >= 11 is 6.42. The maximum Gasteiger partial charge on any atom is 0.0888 e. The maximum atomic E-state index is 6.42. The van der Waals surface area contributed by atoms with E-state index in [1.807, 2.05) is 11.8 Å². The summed E-state index contributed by atoms with van der Waals surface area (Å²) in [5.41, 5.74) is 0.928. The third kappa shape index (κ3) is 2.87. The van der Waals surface area contributed by atoms with Crippen molar-refractivity contribution < 1.29 is 4.74 Å². The minimum atomic E-state index is -0.147. The van der Waals surface area contributed by atoms with E-state index in [9.17, 15) is 0 Å². The van der Waals surface area contributed by atoms with Crippen LogP contribution >= 0.6 is 11.6 Å². The van der Waals surface area contributed by atoms with Crippen LogP contribution in [0.15, 0.2) is 6.20 Å². The SMILES string of the molecule is CCCNC(c1c(Cl)cnn1CC)C1(OC)CCCC1. The van der Waals surface area contributed by atoms with Gasteiger partial charge >= 0.3 is 0 Å². The van der Waals surface area contributed by atoms with Crippen molar-refractivity contribution in [2.75, 3.05) is 13.7 Å². The Morgan fingerprint density at radius 2 is 2.15 bits per heavy atom. The lowest BCUT2D eigenvalue weighted by atomic mass is 9.89. The van der Waals surface area contributed by atoms with Crippen LogP contribution in [0.1, 0.15) is 57.7 Å². The molecular formula is C15H26ClN3O. The predicted octanol–water partition coefficient (Wildman–Crippen LogP) is 3.56. The second-order valence-electron chi connectivity index (χ2n) is 5.56. The third-order valence-electron chi connectivity index (χ3n) is 4.39. The van der Waals surface area contributed by atoms with E-state index >= 15 is 0 Å². The average Bonchev–Trinajstić information content (AvgIpc) is 3.08. The van der Waals surface area contributed by atoms with Gasteiger partial charge in [0.1, 0.15) is 0 Å². The molecule has 0 amide bonds. The average molecular weight is 300 g/mol. The summed E-state index contributed by atoms with van der Waals surface area (Å²) in [6.07, 6.45) is 7.44. The Bertz CT molecular complexity index is 427. The summed E-state index contributed by atoms with van der Waals surface area (Å²) in [6, 6.07) is 0.116. The van der Waals surface area contributed by atoms with E-state index in [1.54, 1.807) is 6.20 Å². The monoisotopic (exact) mass is 299 g/mol. The summed E-state index contributed by atoms with van der Waals surface area (Å²) in [4.78, 5) is 0. The van der Waals surface area contributed by atoms with E-state index in [4.69, 9.17) is 16.3 Å². The molecule has 4 nitrogen and oxygen atoms in total. The van der Waals surface area contributed by atoms with Crippen LogP contribution in [0.3, 0.4) is 0 Å². The summed E-state index contributed by atoms with van der Waals surface area (Å²) in [5, 5.41) is 8.78. The van der Waals surface area contributed by atoms with Gasteiger partial charge < -0.3 is 10.1 Å². The highest BCUT2D eigenvalue weighted by Crippen LogP contribution is 2.44. The molecule has 5 heteroatoms. The molecule has 114 valence electrons. The van der Waals surface area contributed by atoms with E-state index < -0.39 is 0 Å². The predicted molar refractivity (Wildman–Crippen MR) is 82.2 cm³/mol. The van der Waals surface area contributed by atoms with Crippen LogP contribution in [0, 0.1) is 0 Å². The molecule has 0 bridgehead atoms. The molecule has 2 rings (SSSR count). The summed E-state index contributed by atoms with van der Waals surface area (Å²) < 4.78 is 7.97. The first-order chi connectivity index (χ1) is 9.68. The Hall–Kier alpha value is -0.580. The molecule has 1 aliphatic rings. The largest absolute Gasteiger partial charge is 0.376 e. The molecule has 1 saturated carbocycles. The Kier molecular flexibility index (Phi) is 5.47. The number of nitrogens with one attached hydrogen (secondary N) is 1. The van der Waals surface area contributed by atoms with Crippen molar-refractivity contribution in [3.63, 3.8) is 0 Å². The lowest BCUT2D eigenvalue weighted by Gasteiger charge is -2.37. The highest BCUT2D eigenvalue weighted by molar-refractivity contribution is 6.31. The second-order valence-corrected chi connectivity index (χ2v) is 5.96. The molecule has 1 N–H and O–H groups in total. The van der Waals surface area contributed by atoms with Gasteiger partial charge in [0.25, 0.3) is 0 Å². The van der Waals surface area contributed by atoms with Gasteiger partial charge in [0, 0.05) is 13.7 Å². The van der Waals surface area contributed by atoms with E-state index in [2.05, 4.69) is 24.3 Å². The van der Waals surface area contributed by atoms with E-state index in [0.717, 1.165) is 43.1 Å². The Labute approximate surface area is 126 Å². The van der Waals surface area contributed by atoms with Crippen LogP contribution < -0.4 is 5.32 Å². The second kappa shape index (κ2) is 6.92. The summed E-state index contributed by atoms with van der Waals surface area (Å²) in [5.74, 6) is 0. The van der Waals surface area contributed by atoms with Crippen LogP contribution in [0.4, 0.5) is 0 Å². The zero-order valence-corrected chi connectivity index (χ0v) is 13.5. The molecule has 1 heterocycles. The first-order valence-corrected chi connectivity index (χ1v) is 8.06. The third-order valence-corrected chi connectivity index (χ3v) is 4.68. The van der Waals surface area contributed by atoms with Gasteiger partial charge in [-0.3, -0.25) is 4.68 Å². The van der Waals surface area contributed by atoms with Crippen LogP contribution in [0.2, 0.25) is 5.02 Å². The number of hydrogen-bond acceptors (Lipinski definition) is 3. The van der Waals surface area contributed by atoms with Crippen molar-refractivity contribution in [1.82, 2.24) is 15.1 Å². The van der Waals surface area contributed by atoms with Crippen molar-refractivity contribution in [3.05, 3.63) is 16.9 Å². The van der Waals surface area contributed by atoms with E-state index in [1.165, 1.54) is 12.8 Å². The summed E-state index contributed by atoms with van der Waals surface area (Å²) in [7, 11) is 1.83. The molecule has 1 aromatic heterocycles. The first kappa shape index (κ1) is 15.8. The number of methoxy groups -OCH3 is 1. The van der Waals surface area contributed by atoms with E-state index in [-0.39, 0.29) is 11.6 Å². The van der Waals surface area contributed by atoms with Crippen LogP contribution in [0.25, 0.3) is 0 Å². The van der Waals surface area contributed by atoms with Crippen LogP contribution in [-0.4, -0.2) is 29.0 Å². The van der Waals surface area contributed by atoms with Gasteiger partial charge in [-0.25, -0.2) is 0 Å². The molecule has 0 aromatic carbocycles. The van der Waals surface area contributed by atoms with Gasteiger partial charge in [-0.15, -0.1) is 0 Å². The smallest absolute Gasteiger partial charge is 0.0888 e. The molecular weight excluding hydrogens is 274 g/mol. The van der Waals surface area contributed by atoms with Crippen LogP contribution in [0.5, 0.6) is 0 Å². The number of hydrogen-bond donors (Lipinski definition) is 1. The minimum absolute atomic E-state index is 0.116. The minimum Gasteiger partial charge on any atom is -0.376 e. The molecule has 20 heavy (non-hydrogen) atoms. The molecule has 0 aliphatic heterocycles. The van der Waals surface area contributed by atoms with Gasteiger partial charge in [-0.05, 0) is 32.7 Å². The number of aryl methyl sites for hydroxylation is 1. The zero-order valence-electron chi connectivity index (χ0n) is 12.8. The number of rotatable bonds is 7. The molecule has 0 saturated heterocycles. The topological polar surface area (TPSA) is 39.1 Å². The standard InChI is InChI=1S/C15H26ClN3O/c1-4-10-17-14(15(20-3)8-6-7-9-15)13-12(16)11-18-19(13)5-2/h11,14,17H,4-10H2,1-3H3. The number of ether oxygens (including phenoxy) is 1. The zero-order chi connectivity index (χ0) is 14.6. The molecule has 1 atom stereocenters. The van der Waals surface area contributed by atoms with Gasteiger partial charge in [0.05, 0.1) is 28.6 Å². The Balaban J connectivity index is 2.38. The lowest BCUT2D eigenvalue weighted by molar-refractivity contribution is -0.0389. The molecule has 1 unspecified atom stereocenters. The molecule has 1 fully saturated rings. The quantitative estimate of drug-likeness (QED) is 0.837. The van der Waals surface area contributed by atoms with Crippen molar-refractivity contribution >= 4 is 11.6 Å². The highest BCUT2D eigenvalue weighted by atomic mass is 35.5. The normalized spacial score (nSPS) is 19.4. The molecule has 0 spiro atoms. The number of halogens is 1. The van der Waals surface area contributed by atoms with Crippen molar-refractivity contribution in [2.45, 2.75) is 64.1 Å². The first-order valence-electron chi connectivity index (χ1n) is 7.68.